The lowest BCUT2D eigenvalue weighted by molar-refractivity contribution is 0.141. The van der Waals surface area contributed by atoms with Crippen molar-refractivity contribution >= 4 is 34.7 Å². The number of fused-ring (bicyclic) bond motifs is 2. The molecule has 6 rings (SSSR count). The number of H-pyrrole nitrogens is 1. The highest BCUT2D eigenvalue weighted by atomic mass is 32.2. The van der Waals surface area contributed by atoms with Crippen LogP contribution in [0.15, 0.2) is 65.2 Å². The minimum atomic E-state index is 0.298. The second-order valence-corrected chi connectivity index (χ2v) is 12.3. The molecule has 0 amide bonds. The number of benzene rings is 1. The standard InChI is InChI=1S/C28H32N6S2/c1-19(34-15-6-5-10-21(34)16-20-8-3-2-4-9-20)35-23-13-14-29-25-22(23)11-7-12-24(25)36-28-26-27(31-17-30-26)32-18-33-28/h2-4,8-9,13-14,17-19,21,24H,5-7,10-12,15-16H2,1H3,(H,30,31,32,33). The maximum Gasteiger partial charge on any atom is 0.181 e. The van der Waals surface area contributed by atoms with Crippen LogP contribution in [0.5, 0.6) is 0 Å². The first-order valence-electron chi connectivity index (χ1n) is 13.0. The van der Waals surface area contributed by atoms with Crippen LogP contribution in [0.4, 0.5) is 0 Å². The van der Waals surface area contributed by atoms with Gasteiger partial charge in [0.15, 0.2) is 5.65 Å². The third-order valence-electron chi connectivity index (χ3n) is 7.44. The van der Waals surface area contributed by atoms with Crippen molar-refractivity contribution in [2.75, 3.05) is 6.54 Å². The van der Waals surface area contributed by atoms with Crippen LogP contribution < -0.4 is 0 Å². The van der Waals surface area contributed by atoms with Gasteiger partial charge in [-0.05, 0) is 69.2 Å². The number of rotatable bonds is 7. The maximum atomic E-state index is 4.90. The molecule has 0 radical (unpaired) electrons. The molecular formula is C28H32N6S2. The summed E-state index contributed by atoms with van der Waals surface area (Å²) < 4.78 is 0. The fraction of sp³-hybridized carbons (Fsp3) is 0.429. The van der Waals surface area contributed by atoms with Gasteiger partial charge in [-0.1, -0.05) is 48.5 Å². The molecule has 8 heteroatoms. The summed E-state index contributed by atoms with van der Waals surface area (Å²) in [4.78, 5) is 25.4. The summed E-state index contributed by atoms with van der Waals surface area (Å²) in [6.45, 7) is 3.58. The van der Waals surface area contributed by atoms with E-state index in [-0.39, 0.29) is 0 Å². The minimum Gasteiger partial charge on any atom is -0.341 e. The summed E-state index contributed by atoms with van der Waals surface area (Å²) in [5.74, 6) is 0. The number of piperidine rings is 1. The molecule has 36 heavy (non-hydrogen) atoms. The van der Waals surface area contributed by atoms with E-state index < -0.39 is 0 Å². The second kappa shape index (κ2) is 10.9. The van der Waals surface area contributed by atoms with Crippen molar-refractivity contribution in [3.63, 3.8) is 0 Å². The maximum absolute atomic E-state index is 4.90. The number of hydrogen-bond donors (Lipinski definition) is 1. The number of likely N-dealkylation sites (tertiary alicyclic amines) is 1. The van der Waals surface area contributed by atoms with Gasteiger partial charge in [-0.3, -0.25) is 9.88 Å². The third kappa shape index (κ3) is 5.04. The van der Waals surface area contributed by atoms with E-state index in [9.17, 15) is 0 Å². The van der Waals surface area contributed by atoms with Crippen molar-refractivity contribution in [2.24, 2.45) is 0 Å². The summed E-state index contributed by atoms with van der Waals surface area (Å²) in [5.41, 5.74) is 5.76. The highest BCUT2D eigenvalue weighted by Gasteiger charge is 2.30. The molecule has 2 aliphatic rings. The number of nitrogens with zero attached hydrogens (tertiary/aromatic N) is 5. The molecule has 6 nitrogen and oxygen atoms in total. The van der Waals surface area contributed by atoms with Gasteiger partial charge in [0.05, 0.1) is 22.6 Å². The molecule has 3 unspecified atom stereocenters. The van der Waals surface area contributed by atoms with Gasteiger partial charge in [-0.15, -0.1) is 11.8 Å². The van der Waals surface area contributed by atoms with Crippen LogP contribution in [0.25, 0.3) is 11.2 Å². The second-order valence-electron chi connectivity index (χ2n) is 9.75. The number of nitrogens with one attached hydrogen (secondary N) is 1. The monoisotopic (exact) mass is 516 g/mol. The van der Waals surface area contributed by atoms with E-state index >= 15 is 0 Å². The lowest BCUT2D eigenvalue weighted by Crippen LogP contribution is -2.44. The van der Waals surface area contributed by atoms with Gasteiger partial charge >= 0.3 is 0 Å². The molecule has 1 fully saturated rings. The average molecular weight is 517 g/mol. The highest BCUT2D eigenvalue weighted by Crippen LogP contribution is 2.46. The zero-order chi connectivity index (χ0) is 24.3. The quantitative estimate of drug-likeness (QED) is 0.223. The van der Waals surface area contributed by atoms with E-state index in [1.54, 1.807) is 24.4 Å². The molecule has 0 saturated carbocycles. The topological polar surface area (TPSA) is 70.6 Å². The molecule has 1 aliphatic carbocycles. The molecule has 0 spiro atoms. The molecule has 0 bridgehead atoms. The van der Waals surface area contributed by atoms with Crippen LogP contribution in [0, 0.1) is 0 Å². The minimum absolute atomic E-state index is 0.298. The van der Waals surface area contributed by atoms with Crippen LogP contribution in [-0.4, -0.2) is 47.8 Å². The summed E-state index contributed by atoms with van der Waals surface area (Å²) in [6, 6.07) is 13.8. The van der Waals surface area contributed by atoms with Gasteiger partial charge in [-0.2, -0.15) is 0 Å². The Morgan fingerprint density at radius 1 is 1.03 bits per heavy atom. The predicted molar refractivity (Wildman–Crippen MR) is 147 cm³/mol. The first-order chi connectivity index (χ1) is 17.8. The highest BCUT2D eigenvalue weighted by molar-refractivity contribution is 8.00. The van der Waals surface area contributed by atoms with E-state index in [1.165, 1.54) is 53.9 Å². The Hall–Kier alpha value is -2.42. The predicted octanol–water partition coefficient (Wildman–Crippen LogP) is 6.45. The van der Waals surface area contributed by atoms with E-state index in [4.69, 9.17) is 4.98 Å². The zero-order valence-electron chi connectivity index (χ0n) is 20.6. The van der Waals surface area contributed by atoms with Crippen LogP contribution >= 0.6 is 23.5 Å². The van der Waals surface area contributed by atoms with Crippen LogP contribution in [-0.2, 0) is 12.8 Å². The number of pyridine rings is 1. The van der Waals surface area contributed by atoms with Gasteiger partial charge in [0, 0.05) is 17.1 Å². The summed E-state index contributed by atoms with van der Waals surface area (Å²) in [6.07, 6.45) is 13.8. The largest absolute Gasteiger partial charge is 0.341 e. The summed E-state index contributed by atoms with van der Waals surface area (Å²) in [7, 11) is 0. The van der Waals surface area contributed by atoms with Gasteiger partial charge in [0.2, 0.25) is 0 Å². The molecule has 1 saturated heterocycles. The van der Waals surface area contributed by atoms with Crippen molar-refractivity contribution in [1.82, 2.24) is 29.8 Å². The van der Waals surface area contributed by atoms with Gasteiger partial charge in [0.1, 0.15) is 16.9 Å². The van der Waals surface area contributed by atoms with Crippen molar-refractivity contribution < 1.29 is 0 Å². The normalized spacial score (nSPS) is 21.4. The molecule has 1 aliphatic heterocycles. The van der Waals surface area contributed by atoms with Crippen molar-refractivity contribution in [2.45, 2.75) is 78.5 Å². The first kappa shape index (κ1) is 23.9. The van der Waals surface area contributed by atoms with Crippen LogP contribution in [0.2, 0.25) is 0 Å². The number of hydrogen-bond acceptors (Lipinski definition) is 7. The Kier molecular flexibility index (Phi) is 7.26. The van der Waals surface area contributed by atoms with Crippen molar-refractivity contribution in [3.05, 3.63) is 72.1 Å². The zero-order valence-corrected chi connectivity index (χ0v) is 22.3. The molecule has 3 atom stereocenters. The number of thioether (sulfide) groups is 2. The van der Waals surface area contributed by atoms with Gasteiger partial charge in [-0.25, -0.2) is 15.0 Å². The number of imidazole rings is 1. The number of aromatic nitrogens is 5. The van der Waals surface area contributed by atoms with E-state index in [1.807, 2.05) is 18.0 Å². The third-order valence-corrected chi connectivity index (χ3v) is 9.96. The van der Waals surface area contributed by atoms with Gasteiger partial charge < -0.3 is 4.98 Å². The SMILES string of the molecule is CC(Sc1ccnc2c1CCCC2Sc1ncnc2nc[nH]c12)N1CCCCC1Cc1ccccc1. The molecule has 186 valence electrons. The fourth-order valence-electron chi connectivity index (χ4n) is 5.67. The number of aromatic amines is 1. The van der Waals surface area contributed by atoms with E-state index in [0.29, 0.717) is 16.7 Å². The van der Waals surface area contributed by atoms with Gasteiger partial charge in [0.25, 0.3) is 0 Å². The Morgan fingerprint density at radius 3 is 2.86 bits per heavy atom. The van der Waals surface area contributed by atoms with E-state index in [2.05, 4.69) is 68.2 Å². The Balaban J connectivity index is 1.21. The first-order valence-corrected chi connectivity index (χ1v) is 14.8. The van der Waals surface area contributed by atoms with Crippen LogP contribution in [0.1, 0.15) is 61.1 Å². The summed E-state index contributed by atoms with van der Waals surface area (Å²) in [5, 5.41) is 1.69. The lowest BCUT2D eigenvalue weighted by atomic mass is 9.95. The average Bonchev–Trinajstić information content (AvgIpc) is 3.40. The Morgan fingerprint density at radius 2 is 1.94 bits per heavy atom. The molecule has 3 aromatic heterocycles. The van der Waals surface area contributed by atoms with Crippen LogP contribution in [0.3, 0.4) is 0 Å². The Bertz CT molecular complexity index is 1310. The summed E-state index contributed by atoms with van der Waals surface area (Å²) >= 11 is 3.82. The van der Waals surface area contributed by atoms with Crippen molar-refractivity contribution in [1.29, 1.82) is 0 Å². The smallest absolute Gasteiger partial charge is 0.181 e. The fourth-order valence-corrected chi connectivity index (χ4v) is 8.18. The molecule has 1 N–H and O–H groups in total. The van der Waals surface area contributed by atoms with E-state index in [0.717, 1.165) is 35.5 Å². The molecule has 1 aromatic carbocycles. The lowest BCUT2D eigenvalue weighted by Gasteiger charge is -2.40. The van der Waals surface area contributed by atoms with Crippen molar-refractivity contribution in [3.8, 4) is 0 Å². The molecule has 4 aromatic rings. The molecular weight excluding hydrogens is 484 g/mol. The molecule has 4 heterocycles. The Labute approximate surface area is 221 Å².